The Bertz CT molecular complexity index is 1340. The number of rotatable bonds is 6. The van der Waals surface area contributed by atoms with Gasteiger partial charge in [-0.05, 0) is 36.4 Å². The number of para-hydroxylation sites is 1. The third kappa shape index (κ3) is 4.98. The highest BCUT2D eigenvalue weighted by atomic mass is 35.5. The van der Waals surface area contributed by atoms with Crippen LogP contribution in [0.25, 0.3) is 10.2 Å². The quantitative estimate of drug-likeness (QED) is 0.315. The van der Waals surface area contributed by atoms with Crippen LogP contribution in [0.1, 0.15) is 10.4 Å². The molecular formula is C21H16ClN5O3S2. The molecule has 11 heteroatoms. The molecule has 0 fully saturated rings. The molecule has 162 valence electrons. The molecule has 0 atom stereocenters. The number of hydrogen-bond acceptors (Lipinski definition) is 7. The van der Waals surface area contributed by atoms with E-state index in [0.29, 0.717) is 21.0 Å². The number of anilines is 2. The lowest BCUT2D eigenvalue weighted by molar-refractivity contribution is -0.113. The van der Waals surface area contributed by atoms with Crippen molar-refractivity contribution in [1.29, 1.82) is 0 Å². The molecule has 2 amide bonds. The second kappa shape index (κ2) is 9.51. The Hall–Kier alpha value is -3.21. The predicted octanol–water partition coefficient (Wildman–Crippen LogP) is 4.03. The van der Waals surface area contributed by atoms with Crippen LogP contribution in [0.15, 0.2) is 64.7 Å². The molecular weight excluding hydrogens is 470 g/mol. The van der Waals surface area contributed by atoms with Gasteiger partial charge in [-0.2, -0.15) is 0 Å². The summed E-state index contributed by atoms with van der Waals surface area (Å²) in [4.78, 5) is 45.9. The maximum atomic E-state index is 12.6. The summed E-state index contributed by atoms with van der Waals surface area (Å²) in [6.45, 7) is 0. The zero-order valence-corrected chi connectivity index (χ0v) is 19.1. The number of fused-ring (bicyclic) bond motifs is 1. The first-order chi connectivity index (χ1) is 15.4. The number of hydrogen-bond donors (Lipinski definition) is 2. The molecule has 2 N–H and O–H groups in total. The van der Waals surface area contributed by atoms with Gasteiger partial charge < -0.3 is 10.6 Å². The topological polar surface area (TPSA) is 106 Å². The molecule has 0 saturated heterocycles. The van der Waals surface area contributed by atoms with Crippen LogP contribution in [-0.4, -0.2) is 32.1 Å². The number of thioether (sulfide) groups is 1. The van der Waals surface area contributed by atoms with Crippen LogP contribution in [0, 0.1) is 0 Å². The van der Waals surface area contributed by atoms with E-state index in [1.807, 2.05) is 24.3 Å². The Kier molecular flexibility index (Phi) is 6.54. The predicted molar refractivity (Wildman–Crippen MR) is 128 cm³/mol. The Labute approximate surface area is 195 Å². The summed E-state index contributed by atoms with van der Waals surface area (Å²) in [5, 5.41) is 6.75. The van der Waals surface area contributed by atoms with Crippen LogP contribution in [0.3, 0.4) is 0 Å². The number of nitrogens with one attached hydrogen (secondary N) is 2. The van der Waals surface area contributed by atoms with Crippen LogP contribution in [0.2, 0.25) is 5.02 Å². The van der Waals surface area contributed by atoms with Gasteiger partial charge in [-0.25, -0.2) is 9.97 Å². The van der Waals surface area contributed by atoms with Gasteiger partial charge in [0.15, 0.2) is 10.3 Å². The van der Waals surface area contributed by atoms with Crippen molar-refractivity contribution < 1.29 is 9.59 Å². The fraction of sp³-hybridized carbons (Fsp3) is 0.0952. The summed E-state index contributed by atoms with van der Waals surface area (Å²) in [5.41, 5.74) is 0.703. The number of carbonyl (C=O) groups is 2. The lowest BCUT2D eigenvalue weighted by atomic mass is 10.2. The molecule has 0 bridgehead atoms. The smallest absolute Gasteiger partial charge is 0.266 e. The van der Waals surface area contributed by atoms with Crippen molar-refractivity contribution in [3.8, 4) is 0 Å². The first kappa shape index (κ1) is 22.0. The zero-order chi connectivity index (χ0) is 22.7. The Morgan fingerprint density at radius 3 is 2.62 bits per heavy atom. The zero-order valence-electron chi connectivity index (χ0n) is 16.7. The average Bonchev–Trinajstić information content (AvgIpc) is 3.18. The van der Waals surface area contributed by atoms with Gasteiger partial charge in [0.2, 0.25) is 5.91 Å². The second-order valence-corrected chi connectivity index (χ2v) is 9.01. The van der Waals surface area contributed by atoms with Crippen molar-refractivity contribution in [2.45, 2.75) is 5.16 Å². The maximum Gasteiger partial charge on any atom is 0.266 e. The van der Waals surface area contributed by atoms with E-state index in [4.69, 9.17) is 11.6 Å². The number of halogens is 1. The Morgan fingerprint density at radius 1 is 1.12 bits per heavy atom. The summed E-state index contributed by atoms with van der Waals surface area (Å²) in [5.74, 6) is -0.814. The number of aromatic nitrogens is 3. The molecule has 32 heavy (non-hydrogen) atoms. The lowest BCUT2D eigenvalue weighted by Gasteiger charge is -2.09. The minimum atomic E-state index is -0.578. The highest BCUT2D eigenvalue weighted by Gasteiger charge is 2.16. The van der Waals surface area contributed by atoms with Gasteiger partial charge in [-0.3, -0.25) is 19.0 Å². The molecule has 0 aliphatic carbocycles. The second-order valence-electron chi connectivity index (χ2n) is 6.60. The first-order valence-electron chi connectivity index (χ1n) is 9.32. The molecule has 2 heterocycles. The summed E-state index contributed by atoms with van der Waals surface area (Å²) in [6, 6.07) is 14.1. The number of benzene rings is 2. The molecule has 0 spiro atoms. The van der Waals surface area contributed by atoms with Crippen LogP contribution in [0.4, 0.5) is 10.8 Å². The molecule has 4 aromatic rings. The SMILES string of the molecule is Cn1c(SCC(=O)Nc2nc3ccccc3s2)ncc(C(=O)Nc2ccc(Cl)cc2)c1=O. The molecule has 0 unspecified atom stereocenters. The largest absolute Gasteiger partial charge is 0.322 e. The van der Waals surface area contributed by atoms with Crippen LogP contribution in [0.5, 0.6) is 0 Å². The molecule has 2 aromatic heterocycles. The van der Waals surface area contributed by atoms with E-state index in [-0.39, 0.29) is 17.2 Å². The third-order valence-electron chi connectivity index (χ3n) is 4.35. The number of carbonyl (C=O) groups excluding carboxylic acids is 2. The maximum absolute atomic E-state index is 12.6. The van der Waals surface area contributed by atoms with E-state index < -0.39 is 11.5 Å². The van der Waals surface area contributed by atoms with E-state index >= 15 is 0 Å². The molecule has 8 nitrogen and oxygen atoms in total. The van der Waals surface area contributed by atoms with Gasteiger partial charge in [0.25, 0.3) is 11.5 Å². The molecule has 2 aromatic carbocycles. The van der Waals surface area contributed by atoms with Gasteiger partial charge in [0.1, 0.15) is 5.56 Å². The average molecular weight is 486 g/mol. The lowest BCUT2D eigenvalue weighted by Crippen LogP contribution is -2.29. The summed E-state index contributed by atoms with van der Waals surface area (Å²) in [7, 11) is 1.50. The minimum absolute atomic E-state index is 0.0342. The van der Waals surface area contributed by atoms with Crippen molar-refractivity contribution in [2.75, 3.05) is 16.4 Å². The van der Waals surface area contributed by atoms with Crippen LogP contribution < -0.4 is 16.2 Å². The highest BCUT2D eigenvalue weighted by Crippen LogP contribution is 2.25. The van der Waals surface area contributed by atoms with Crippen molar-refractivity contribution in [3.63, 3.8) is 0 Å². The van der Waals surface area contributed by atoms with E-state index in [1.165, 1.54) is 29.1 Å². The van der Waals surface area contributed by atoms with Crippen molar-refractivity contribution >= 4 is 67.5 Å². The summed E-state index contributed by atoms with van der Waals surface area (Å²) >= 11 is 8.31. The summed E-state index contributed by atoms with van der Waals surface area (Å²) in [6.07, 6.45) is 1.21. The molecule has 0 aliphatic heterocycles. The molecule has 0 aliphatic rings. The molecule has 0 radical (unpaired) electrons. The highest BCUT2D eigenvalue weighted by molar-refractivity contribution is 7.99. The number of nitrogens with zero attached hydrogens (tertiary/aromatic N) is 3. The van der Waals surface area contributed by atoms with Crippen LogP contribution >= 0.6 is 34.7 Å². The number of thiazole rings is 1. The van der Waals surface area contributed by atoms with E-state index in [2.05, 4.69) is 20.6 Å². The van der Waals surface area contributed by atoms with Gasteiger partial charge in [-0.1, -0.05) is 46.8 Å². The fourth-order valence-corrected chi connectivity index (χ4v) is 4.51. The van der Waals surface area contributed by atoms with Gasteiger partial charge in [0, 0.05) is 24.0 Å². The summed E-state index contributed by atoms with van der Waals surface area (Å²) < 4.78 is 2.22. The fourth-order valence-electron chi connectivity index (χ4n) is 2.76. The minimum Gasteiger partial charge on any atom is -0.322 e. The first-order valence-corrected chi connectivity index (χ1v) is 11.5. The van der Waals surface area contributed by atoms with Crippen LogP contribution in [-0.2, 0) is 11.8 Å². The normalized spacial score (nSPS) is 10.8. The van der Waals surface area contributed by atoms with Gasteiger partial charge in [0.05, 0.1) is 16.0 Å². The monoisotopic (exact) mass is 485 g/mol. The van der Waals surface area contributed by atoms with Crippen molar-refractivity contribution in [2.24, 2.45) is 7.05 Å². The van der Waals surface area contributed by atoms with Crippen molar-refractivity contribution in [1.82, 2.24) is 14.5 Å². The Morgan fingerprint density at radius 2 is 1.88 bits per heavy atom. The van der Waals surface area contributed by atoms with E-state index in [0.717, 1.165) is 22.0 Å². The number of amides is 2. The molecule has 4 rings (SSSR count). The molecule has 0 saturated carbocycles. The Balaban J connectivity index is 1.40. The van der Waals surface area contributed by atoms with E-state index in [9.17, 15) is 14.4 Å². The van der Waals surface area contributed by atoms with Gasteiger partial charge >= 0.3 is 0 Å². The van der Waals surface area contributed by atoms with Crippen molar-refractivity contribution in [3.05, 3.63) is 75.7 Å². The standard InChI is InChI=1S/C21H16ClN5O3S2/c1-27-19(30)14(18(29)24-13-8-6-12(22)7-9-13)10-23-21(27)31-11-17(28)26-20-25-15-4-2-3-5-16(15)32-20/h2-10H,11H2,1H3,(H,24,29)(H,25,26,28). The van der Waals surface area contributed by atoms with E-state index in [1.54, 1.807) is 24.3 Å². The van der Waals surface area contributed by atoms with Gasteiger partial charge in [-0.15, -0.1) is 0 Å². The third-order valence-corrected chi connectivity index (χ3v) is 6.59.